The van der Waals surface area contributed by atoms with Crippen LogP contribution in [0.3, 0.4) is 0 Å². The van der Waals surface area contributed by atoms with Gasteiger partial charge in [0.15, 0.2) is 0 Å². The quantitative estimate of drug-likeness (QED) is 0.625. The van der Waals surface area contributed by atoms with Crippen molar-refractivity contribution in [2.24, 2.45) is 0 Å². The van der Waals surface area contributed by atoms with E-state index in [1.165, 1.54) is 12.8 Å². The molecule has 2 amide bonds. The minimum absolute atomic E-state index is 0.0368. The van der Waals surface area contributed by atoms with Crippen molar-refractivity contribution in [2.75, 3.05) is 19.6 Å². The fraction of sp³-hybridized carbons (Fsp3) is 0.481. The number of benzene rings is 2. The van der Waals surface area contributed by atoms with E-state index in [-0.39, 0.29) is 12.3 Å². The van der Waals surface area contributed by atoms with Crippen LogP contribution in [-0.4, -0.2) is 42.1 Å². The van der Waals surface area contributed by atoms with Crippen molar-refractivity contribution >= 4 is 12.0 Å². The molecule has 0 radical (unpaired) electrons. The fourth-order valence-corrected chi connectivity index (χ4v) is 4.31. The Balaban J connectivity index is 1.68. The fourth-order valence-electron chi connectivity index (χ4n) is 4.31. The van der Waals surface area contributed by atoms with Gasteiger partial charge >= 0.3 is 6.09 Å². The van der Waals surface area contributed by atoms with Gasteiger partial charge in [-0.2, -0.15) is 0 Å². The number of rotatable bonds is 8. The molecular formula is C27H37N3O3. The minimum atomic E-state index is -0.555. The molecule has 0 saturated carbocycles. The average Bonchev–Trinajstić information content (AvgIpc) is 3.25. The molecule has 1 heterocycles. The van der Waals surface area contributed by atoms with Crippen molar-refractivity contribution < 1.29 is 14.3 Å². The number of hydrogen-bond donors (Lipinski definition) is 2. The van der Waals surface area contributed by atoms with Crippen LogP contribution in [0.15, 0.2) is 54.6 Å². The van der Waals surface area contributed by atoms with Crippen LogP contribution in [0.4, 0.5) is 4.79 Å². The monoisotopic (exact) mass is 451 g/mol. The molecule has 0 aromatic heterocycles. The molecule has 1 aliphatic rings. The summed E-state index contributed by atoms with van der Waals surface area (Å²) in [6, 6.07) is 17.9. The second-order valence-electron chi connectivity index (χ2n) is 10.0. The lowest BCUT2D eigenvalue weighted by Gasteiger charge is -2.35. The van der Waals surface area contributed by atoms with Crippen molar-refractivity contribution in [1.82, 2.24) is 15.5 Å². The Morgan fingerprint density at radius 1 is 0.909 bits per heavy atom. The highest BCUT2D eigenvalue weighted by molar-refractivity contribution is 5.80. The van der Waals surface area contributed by atoms with Crippen LogP contribution in [0.5, 0.6) is 0 Å². The summed E-state index contributed by atoms with van der Waals surface area (Å²) in [6.07, 6.45) is 2.19. The van der Waals surface area contributed by atoms with E-state index in [1.54, 1.807) is 0 Å². The lowest BCUT2D eigenvalue weighted by molar-refractivity contribution is -0.122. The van der Waals surface area contributed by atoms with Gasteiger partial charge in [-0.05, 0) is 70.3 Å². The van der Waals surface area contributed by atoms with E-state index < -0.39 is 17.2 Å². The molecule has 2 N–H and O–H groups in total. The van der Waals surface area contributed by atoms with E-state index in [2.05, 4.69) is 34.6 Å². The summed E-state index contributed by atoms with van der Waals surface area (Å²) in [5, 5.41) is 6.11. The molecule has 178 valence electrons. The van der Waals surface area contributed by atoms with E-state index in [0.29, 0.717) is 6.54 Å². The second kappa shape index (κ2) is 10.8. The third-order valence-electron chi connectivity index (χ3n) is 5.86. The molecule has 0 unspecified atom stereocenters. The van der Waals surface area contributed by atoms with E-state index in [1.807, 2.05) is 63.2 Å². The molecule has 6 heteroatoms. The topological polar surface area (TPSA) is 70.7 Å². The minimum Gasteiger partial charge on any atom is -0.444 e. The zero-order chi connectivity index (χ0) is 23.9. The number of alkyl carbamates (subject to hydrolysis) is 1. The molecule has 0 bridgehead atoms. The van der Waals surface area contributed by atoms with Gasteiger partial charge in [0.2, 0.25) is 5.91 Å². The Morgan fingerprint density at radius 2 is 1.52 bits per heavy atom. The normalized spacial score (nSPS) is 16.1. The van der Waals surface area contributed by atoms with Crippen LogP contribution in [-0.2, 0) is 28.0 Å². The van der Waals surface area contributed by atoms with Gasteiger partial charge in [0.1, 0.15) is 5.60 Å². The van der Waals surface area contributed by atoms with Gasteiger partial charge in [0.25, 0.3) is 0 Å². The van der Waals surface area contributed by atoms with E-state index in [0.717, 1.165) is 36.3 Å². The van der Waals surface area contributed by atoms with E-state index in [4.69, 9.17) is 4.74 Å². The second-order valence-corrected chi connectivity index (χ2v) is 10.0. The third kappa shape index (κ3) is 7.60. The number of amides is 2. The lowest BCUT2D eigenvalue weighted by Crippen LogP contribution is -2.51. The van der Waals surface area contributed by atoms with Crippen LogP contribution in [0, 0.1) is 0 Å². The number of nitrogens with zero attached hydrogens (tertiary/aromatic N) is 1. The predicted molar refractivity (Wildman–Crippen MR) is 131 cm³/mol. The molecule has 1 fully saturated rings. The van der Waals surface area contributed by atoms with Gasteiger partial charge in [0, 0.05) is 13.1 Å². The van der Waals surface area contributed by atoms with Crippen molar-refractivity contribution in [3.8, 4) is 0 Å². The maximum Gasteiger partial charge on any atom is 0.407 e. The van der Waals surface area contributed by atoms with Gasteiger partial charge in [-0.1, -0.05) is 54.6 Å². The molecule has 1 aliphatic heterocycles. The van der Waals surface area contributed by atoms with Crippen LogP contribution in [0.25, 0.3) is 0 Å². The highest BCUT2D eigenvalue weighted by atomic mass is 16.6. The number of likely N-dealkylation sites (tertiary alicyclic amines) is 1. The molecule has 1 atom stereocenters. The van der Waals surface area contributed by atoms with Crippen LogP contribution in [0.1, 0.15) is 57.2 Å². The average molecular weight is 452 g/mol. The molecule has 6 nitrogen and oxygen atoms in total. The summed E-state index contributed by atoms with van der Waals surface area (Å²) in [5.74, 6) is -0.0368. The lowest BCUT2D eigenvalue weighted by atomic mass is 9.90. The highest BCUT2D eigenvalue weighted by Crippen LogP contribution is 2.24. The summed E-state index contributed by atoms with van der Waals surface area (Å²) in [5.41, 5.74) is 1.86. The summed E-state index contributed by atoms with van der Waals surface area (Å²) in [7, 11) is 0. The van der Waals surface area contributed by atoms with Gasteiger partial charge in [-0.25, -0.2) is 4.79 Å². The molecule has 33 heavy (non-hydrogen) atoms. The van der Waals surface area contributed by atoms with Gasteiger partial charge in [0.05, 0.1) is 12.0 Å². The molecule has 3 rings (SSSR count). The zero-order valence-corrected chi connectivity index (χ0v) is 20.3. The molecule has 2 aromatic rings. The summed E-state index contributed by atoms with van der Waals surface area (Å²) in [4.78, 5) is 27.7. The number of ether oxygens (including phenoxy) is 1. The maximum atomic E-state index is 13.2. The van der Waals surface area contributed by atoms with Crippen molar-refractivity contribution in [2.45, 2.75) is 64.6 Å². The summed E-state index contributed by atoms with van der Waals surface area (Å²) >= 11 is 0. The third-order valence-corrected chi connectivity index (χ3v) is 5.86. The van der Waals surface area contributed by atoms with E-state index in [9.17, 15) is 9.59 Å². The van der Waals surface area contributed by atoms with Crippen LogP contribution in [0.2, 0.25) is 0 Å². The van der Waals surface area contributed by atoms with Crippen LogP contribution >= 0.6 is 0 Å². The molecular weight excluding hydrogens is 414 g/mol. The Kier molecular flexibility index (Phi) is 8.14. The number of carbonyl (C=O) groups is 2. The largest absolute Gasteiger partial charge is 0.444 e. The summed E-state index contributed by atoms with van der Waals surface area (Å²) in [6.45, 7) is 10.8. The summed E-state index contributed by atoms with van der Waals surface area (Å²) < 4.78 is 5.32. The first kappa shape index (κ1) is 24.8. The SMILES string of the molecule is CC(C)(C)OC(=O)NCc1ccccc1CC(=O)N[C@](C)(CN1CCCC1)c1ccccc1. The predicted octanol–water partition coefficient (Wildman–Crippen LogP) is 4.38. The Bertz CT molecular complexity index is 933. The van der Waals surface area contributed by atoms with Crippen molar-refractivity contribution in [3.63, 3.8) is 0 Å². The van der Waals surface area contributed by atoms with Gasteiger partial charge in [-0.15, -0.1) is 0 Å². The molecule has 0 spiro atoms. The molecule has 2 aromatic carbocycles. The standard InChI is InChI=1S/C27H37N3O3/c1-26(2,3)33-25(32)28-19-22-13-9-8-12-21(22)18-24(31)29-27(4,20-30-16-10-11-17-30)23-14-6-5-7-15-23/h5-9,12-15H,10-11,16-20H2,1-4H3,(H,28,32)(H,29,31)/t27-/m1/s1. The van der Waals surface area contributed by atoms with E-state index >= 15 is 0 Å². The van der Waals surface area contributed by atoms with Gasteiger partial charge in [-0.3, -0.25) is 4.79 Å². The molecule has 0 aliphatic carbocycles. The Labute approximate surface area is 197 Å². The maximum absolute atomic E-state index is 13.2. The zero-order valence-electron chi connectivity index (χ0n) is 20.3. The first-order valence-electron chi connectivity index (χ1n) is 11.8. The van der Waals surface area contributed by atoms with Crippen molar-refractivity contribution in [1.29, 1.82) is 0 Å². The Morgan fingerprint density at radius 3 is 2.15 bits per heavy atom. The smallest absolute Gasteiger partial charge is 0.407 e. The highest BCUT2D eigenvalue weighted by Gasteiger charge is 2.32. The van der Waals surface area contributed by atoms with Crippen molar-refractivity contribution in [3.05, 3.63) is 71.3 Å². The number of carbonyl (C=O) groups excluding carboxylic acids is 2. The number of hydrogen-bond acceptors (Lipinski definition) is 4. The van der Waals surface area contributed by atoms with Crippen LogP contribution < -0.4 is 10.6 Å². The molecule has 1 saturated heterocycles. The van der Waals surface area contributed by atoms with Gasteiger partial charge < -0.3 is 20.3 Å². The number of nitrogens with one attached hydrogen (secondary N) is 2. The first-order chi connectivity index (χ1) is 15.6. The Hall–Kier alpha value is -2.86. The first-order valence-corrected chi connectivity index (χ1v) is 11.8.